The van der Waals surface area contributed by atoms with Gasteiger partial charge in [0, 0.05) is 19.1 Å². The lowest BCUT2D eigenvalue weighted by atomic mass is 9.90. The molecule has 2 atom stereocenters. The molecule has 1 fully saturated rings. The van der Waals surface area contributed by atoms with Crippen LogP contribution in [0.4, 0.5) is 0 Å². The average molecular weight is 204 g/mol. The third-order valence-corrected chi connectivity index (χ3v) is 3.44. The van der Waals surface area contributed by atoms with E-state index >= 15 is 0 Å². The standard InChI is InChI=1S/C13H20N2/c1-11(9-14)13-7-8-15(13)10-12-5-3-2-4-6-12/h2-6,11,13H,7-10,14H2,1H3. The van der Waals surface area contributed by atoms with Gasteiger partial charge < -0.3 is 5.73 Å². The lowest BCUT2D eigenvalue weighted by Crippen LogP contribution is -2.52. The molecule has 2 rings (SSSR count). The van der Waals surface area contributed by atoms with E-state index in [1.165, 1.54) is 18.5 Å². The molecule has 2 N–H and O–H groups in total. The van der Waals surface area contributed by atoms with Crippen LogP contribution in [-0.2, 0) is 6.54 Å². The minimum absolute atomic E-state index is 0.627. The molecule has 0 radical (unpaired) electrons. The van der Waals surface area contributed by atoms with E-state index < -0.39 is 0 Å². The molecule has 2 unspecified atom stereocenters. The summed E-state index contributed by atoms with van der Waals surface area (Å²) in [6, 6.07) is 11.4. The predicted molar refractivity (Wildman–Crippen MR) is 63.5 cm³/mol. The summed E-state index contributed by atoms with van der Waals surface area (Å²) in [5.41, 5.74) is 7.12. The maximum atomic E-state index is 5.71. The van der Waals surface area contributed by atoms with Crippen LogP contribution < -0.4 is 5.73 Å². The predicted octanol–water partition coefficient (Wildman–Crippen LogP) is 1.86. The minimum atomic E-state index is 0.627. The molecule has 1 aliphatic rings. The Morgan fingerprint density at radius 2 is 2.13 bits per heavy atom. The van der Waals surface area contributed by atoms with Crippen LogP contribution in [0.15, 0.2) is 30.3 Å². The Hall–Kier alpha value is -0.860. The van der Waals surface area contributed by atoms with Gasteiger partial charge in [0.05, 0.1) is 0 Å². The second-order valence-corrected chi connectivity index (χ2v) is 4.53. The number of benzene rings is 1. The van der Waals surface area contributed by atoms with Crippen molar-refractivity contribution in [3.8, 4) is 0 Å². The van der Waals surface area contributed by atoms with Crippen molar-refractivity contribution in [3.63, 3.8) is 0 Å². The van der Waals surface area contributed by atoms with Gasteiger partial charge in [-0.25, -0.2) is 0 Å². The highest BCUT2D eigenvalue weighted by atomic mass is 15.2. The molecule has 0 saturated carbocycles. The van der Waals surface area contributed by atoms with Crippen molar-refractivity contribution in [3.05, 3.63) is 35.9 Å². The molecule has 82 valence electrons. The van der Waals surface area contributed by atoms with E-state index in [-0.39, 0.29) is 0 Å². The van der Waals surface area contributed by atoms with Gasteiger partial charge in [0.15, 0.2) is 0 Å². The summed E-state index contributed by atoms with van der Waals surface area (Å²) in [5, 5.41) is 0. The van der Waals surface area contributed by atoms with Crippen molar-refractivity contribution in [1.29, 1.82) is 0 Å². The zero-order chi connectivity index (χ0) is 10.7. The summed E-state index contributed by atoms with van der Waals surface area (Å²) in [6.07, 6.45) is 1.31. The molecule has 0 amide bonds. The van der Waals surface area contributed by atoms with E-state index in [1.54, 1.807) is 0 Å². The van der Waals surface area contributed by atoms with E-state index in [0.29, 0.717) is 12.0 Å². The number of likely N-dealkylation sites (tertiary alicyclic amines) is 1. The molecule has 1 heterocycles. The van der Waals surface area contributed by atoms with Gasteiger partial charge in [0.25, 0.3) is 0 Å². The van der Waals surface area contributed by atoms with Crippen LogP contribution in [0.25, 0.3) is 0 Å². The third kappa shape index (κ3) is 2.39. The summed E-state index contributed by atoms with van der Waals surface area (Å²) in [4.78, 5) is 2.53. The zero-order valence-electron chi connectivity index (χ0n) is 9.39. The van der Waals surface area contributed by atoms with Gasteiger partial charge in [-0.1, -0.05) is 37.3 Å². The molecular weight excluding hydrogens is 184 g/mol. The minimum Gasteiger partial charge on any atom is -0.330 e. The summed E-state index contributed by atoms with van der Waals surface area (Å²) in [7, 11) is 0. The van der Waals surface area contributed by atoms with Crippen molar-refractivity contribution in [2.45, 2.75) is 25.9 Å². The SMILES string of the molecule is CC(CN)C1CCN1Cc1ccccc1. The molecule has 15 heavy (non-hydrogen) atoms. The highest BCUT2D eigenvalue weighted by molar-refractivity contribution is 5.15. The number of nitrogens with zero attached hydrogens (tertiary/aromatic N) is 1. The first-order valence-electron chi connectivity index (χ1n) is 5.79. The van der Waals surface area contributed by atoms with Gasteiger partial charge in [-0.3, -0.25) is 4.90 Å². The molecule has 0 bridgehead atoms. The second kappa shape index (κ2) is 4.77. The molecule has 0 spiro atoms. The van der Waals surface area contributed by atoms with Gasteiger partial charge in [-0.05, 0) is 24.4 Å². The molecule has 1 aromatic carbocycles. The topological polar surface area (TPSA) is 29.3 Å². The summed E-state index contributed by atoms with van der Waals surface area (Å²) in [6.45, 7) is 5.36. The van der Waals surface area contributed by atoms with Crippen LogP contribution in [0.3, 0.4) is 0 Å². The fraction of sp³-hybridized carbons (Fsp3) is 0.538. The Balaban J connectivity index is 1.91. The first-order valence-corrected chi connectivity index (χ1v) is 5.79. The first-order chi connectivity index (χ1) is 7.31. The fourth-order valence-corrected chi connectivity index (χ4v) is 2.28. The fourth-order valence-electron chi connectivity index (χ4n) is 2.28. The monoisotopic (exact) mass is 204 g/mol. The molecule has 0 aliphatic carbocycles. The van der Waals surface area contributed by atoms with Gasteiger partial charge in [0.1, 0.15) is 0 Å². The smallest absolute Gasteiger partial charge is 0.0236 e. The van der Waals surface area contributed by atoms with Gasteiger partial charge >= 0.3 is 0 Å². The maximum absolute atomic E-state index is 5.71. The molecular formula is C13H20N2. The van der Waals surface area contributed by atoms with Crippen molar-refractivity contribution in [2.75, 3.05) is 13.1 Å². The van der Waals surface area contributed by atoms with Crippen LogP contribution in [0.5, 0.6) is 0 Å². The Morgan fingerprint density at radius 3 is 2.67 bits per heavy atom. The molecule has 0 aromatic heterocycles. The van der Waals surface area contributed by atoms with Crippen molar-refractivity contribution >= 4 is 0 Å². The van der Waals surface area contributed by atoms with Crippen LogP contribution in [0.2, 0.25) is 0 Å². The van der Waals surface area contributed by atoms with Crippen LogP contribution >= 0.6 is 0 Å². The quantitative estimate of drug-likeness (QED) is 0.811. The lowest BCUT2D eigenvalue weighted by Gasteiger charge is -2.44. The van der Waals surface area contributed by atoms with Crippen molar-refractivity contribution < 1.29 is 0 Å². The van der Waals surface area contributed by atoms with Crippen LogP contribution in [0, 0.1) is 5.92 Å². The Bertz CT molecular complexity index is 297. The third-order valence-electron chi connectivity index (χ3n) is 3.44. The van der Waals surface area contributed by atoms with Gasteiger partial charge in [-0.15, -0.1) is 0 Å². The average Bonchev–Trinajstić information content (AvgIpc) is 2.25. The molecule has 1 saturated heterocycles. The molecule has 2 heteroatoms. The first kappa shape index (κ1) is 10.7. The van der Waals surface area contributed by atoms with E-state index in [1.807, 2.05) is 0 Å². The summed E-state index contributed by atoms with van der Waals surface area (Å²) < 4.78 is 0. The normalized spacial score (nSPS) is 23.5. The Kier molecular flexibility index (Phi) is 3.39. The highest BCUT2D eigenvalue weighted by Crippen LogP contribution is 2.25. The molecule has 2 nitrogen and oxygen atoms in total. The molecule has 1 aromatic rings. The van der Waals surface area contributed by atoms with E-state index in [9.17, 15) is 0 Å². The number of hydrogen-bond acceptors (Lipinski definition) is 2. The van der Waals surface area contributed by atoms with E-state index in [4.69, 9.17) is 5.73 Å². The maximum Gasteiger partial charge on any atom is 0.0236 e. The summed E-state index contributed by atoms with van der Waals surface area (Å²) in [5.74, 6) is 0.627. The number of rotatable bonds is 4. The Labute approximate surface area is 92.1 Å². The van der Waals surface area contributed by atoms with Crippen molar-refractivity contribution in [1.82, 2.24) is 4.90 Å². The highest BCUT2D eigenvalue weighted by Gasteiger charge is 2.31. The second-order valence-electron chi connectivity index (χ2n) is 4.53. The molecule has 1 aliphatic heterocycles. The van der Waals surface area contributed by atoms with Crippen molar-refractivity contribution in [2.24, 2.45) is 11.7 Å². The summed E-state index contributed by atoms with van der Waals surface area (Å²) >= 11 is 0. The largest absolute Gasteiger partial charge is 0.330 e. The van der Waals surface area contributed by atoms with Crippen LogP contribution in [-0.4, -0.2) is 24.0 Å². The number of hydrogen-bond donors (Lipinski definition) is 1. The van der Waals surface area contributed by atoms with Gasteiger partial charge in [0.2, 0.25) is 0 Å². The zero-order valence-corrected chi connectivity index (χ0v) is 9.39. The van der Waals surface area contributed by atoms with E-state index in [0.717, 1.165) is 13.1 Å². The van der Waals surface area contributed by atoms with E-state index in [2.05, 4.69) is 42.2 Å². The Morgan fingerprint density at radius 1 is 1.40 bits per heavy atom. The van der Waals surface area contributed by atoms with Crippen LogP contribution in [0.1, 0.15) is 18.9 Å². The lowest BCUT2D eigenvalue weighted by molar-refractivity contribution is 0.0451. The number of nitrogens with two attached hydrogens (primary N) is 1. The van der Waals surface area contributed by atoms with Gasteiger partial charge in [-0.2, -0.15) is 0 Å².